The second kappa shape index (κ2) is 10.8. The fourth-order valence-electron chi connectivity index (χ4n) is 3.01. The number of thioether (sulfide) groups is 1. The number of hydrogen-bond acceptors (Lipinski definition) is 5. The van der Waals surface area contributed by atoms with Crippen LogP contribution in [0.4, 0.5) is 5.82 Å². The number of nitrogens with zero attached hydrogens (tertiary/aromatic N) is 2. The highest BCUT2D eigenvalue weighted by Gasteiger charge is 2.11. The average molecular weight is 398 g/mol. The molecule has 1 unspecified atom stereocenters. The fraction of sp³-hybridized carbons (Fsp3) is 0.318. The van der Waals surface area contributed by atoms with E-state index in [0.29, 0.717) is 18.0 Å². The number of aliphatic hydroxyl groups is 1. The van der Waals surface area contributed by atoms with Gasteiger partial charge in [-0.25, -0.2) is 4.98 Å². The highest BCUT2D eigenvalue weighted by atomic mass is 32.2. The van der Waals surface area contributed by atoms with Crippen LogP contribution >= 0.6 is 11.8 Å². The Balaban J connectivity index is 2.39. The van der Waals surface area contributed by atoms with Gasteiger partial charge in [-0.2, -0.15) is 11.8 Å². The van der Waals surface area contributed by atoms with Gasteiger partial charge in [-0.3, -0.25) is 9.78 Å². The standard InChI is InChI=1S/C22H27N3O2S/c1-5-7-16(21(27)13-28-4)8-15(3)19(6-2)20-9-17-12-24-22(25-14-26)10-18(17)11-23-20/h6-12,14,21,27H,5,13H2,1-4H3,(H,24,25,26)/b15-8-,16-7-,19-6+. The number of fused-ring (bicyclic) bond motifs is 1. The summed E-state index contributed by atoms with van der Waals surface area (Å²) in [5, 5.41) is 14.8. The minimum Gasteiger partial charge on any atom is -0.388 e. The number of amides is 1. The van der Waals surface area contributed by atoms with Crippen molar-refractivity contribution in [2.24, 2.45) is 0 Å². The summed E-state index contributed by atoms with van der Waals surface area (Å²) in [6.07, 6.45) is 12.6. The smallest absolute Gasteiger partial charge is 0.212 e. The topological polar surface area (TPSA) is 75.1 Å². The number of carbonyl (C=O) groups is 1. The zero-order valence-corrected chi connectivity index (χ0v) is 17.6. The first-order valence-electron chi connectivity index (χ1n) is 9.22. The lowest BCUT2D eigenvalue weighted by molar-refractivity contribution is -0.105. The molecule has 0 saturated heterocycles. The van der Waals surface area contributed by atoms with Crippen LogP contribution in [-0.4, -0.2) is 39.6 Å². The predicted octanol–water partition coefficient (Wildman–Crippen LogP) is 4.61. The number of nitrogens with one attached hydrogen (secondary N) is 1. The lowest BCUT2D eigenvalue weighted by Crippen LogP contribution is -2.12. The van der Waals surface area contributed by atoms with Gasteiger partial charge in [-0.1, -0.05) is 25.2 Å². The van der Waals surface area contributed by atoms with E-state index < -0.39 is 6.10 Å². The molecule has 2 heterocycles. The Morgan fingerprint density at radius 3 is 2.64 bits per heavy atom. The van der Waals surface area contributed by atoms with Crippen molar-refractivity contribution in [2.75, 3.05) is 17.3 Å². The third kappa shape index (κ3) is 5.53. The zero-order valence-electron chi connectivity index (χ0n) is 16.8. The van der Waals surface area contributed by atoms with Crippen LogP contribution in [-0.2, 0) is 4.79 Å². The molecule has 0 bridgehead atoms. The third-order valence-electron chi connectivity index (χ3n) is 4.33. The maximum absolute atomic E-state index is 10.6. The Hall–Kier alpha value is -2.44. The van der Waals surface area contributed by atoms with E-state index in [-0.39, 0.29) is 0 Å². The van der Waals surface area contributed by atoms with Gasteiger partial charge in [0.2, 0.25) is 6.41 Å². The van der Waals surface area contributed by atoms with Crippen LogP contribution in [0.5, 0.6) is 0 Å². The largest absolute Gasteiger partial charge is 0.388 e. The first-order valence-corrected chi connectivity index (χ1v) is 10.6. The van der Waals surface area contributed by atoms with Crippen LogP contribution in [0.1, 0.15) is 32.9 Å². The van der Waals surface area contributed by atoms with Crippen molar-refractivity contribution < 1.29 is 9.90 Å². The number of carbonyl (C=O) groups excluding carboxylic acids is 1. The number of rotatable bonds is 9. The van der Waals surface area contributed by atoms with Gasteiger partial charge in [-0.05, 0) is 55.4 Å². The van der Waals surface area contributed by atoms with Crippen molar-refractivity contribution in [1.29, 1.82) is 0 Å². The molecule has 1 atom stereocenters. The molecule has 2 rings (SSSR count). The molecule has 0 aliphatic carbocycles. The summed E-state index contributed by atoms with van der Waals surface area (Å²) < 4.78 is 0. The monoisotopic (exact) mass is 397 g/mol. The lowest BCUT2D eigenvalue weighted by atomic mass is 9.98. The van der Waals surface area contributed by atoms with Gasteiger partial charge in [0.15, 0.2) is 0 Å². The number of pyridine rings is 2. The Kier molecular flexibility index (Phi) is 8.42. The first-order chi connectivity index (χ1) is 13.5. The van der Waals surface area contributed by atoms with Crippen molar-refractivity contribution in [3.05, 3.63) is 59.6 Å². The molecule has 2 aromatic heterocycles. The summed E-state index contributed by atoms with van der Waals surface area (Å²) in [5.41, 5.74) is 3.83. The minimum absolute atomic E-state index is 0.486. The van der Waals surface area contributed by atoms with Crippen LogP contribution in [0.2, 0.25) is 0 Å². The summed E-state index contributed by atoms with van der Waals surface area (Å²) >= 11 is 1.63. The summed E-state index contributed by atoms with van der Waals surface area (Å²) in [4.78, 5) is 19.4. The summed E-state index contributed by atoms with van der Waals surface area (Å²) in [5.74, 6) is 1.16. The van der Waals surface area contributed by atoms with Crippen molar-refractivity contribution in [2.45, 2.75) is 33.3 Å². The zero-order chi connectivity index (χ0) is 20.5. The maximum atomic E-state index is 10.6. The van der Waals surface area contributed by atoms with Crippen LogP contribution in [0.25, 0.3) is 16.3 Å². The molecular formula is C22H27N3O2S. The molecule has 0 aliphatic rings. The minimum atomic E-state index is -0.486. The lowest BCUT2D eigenvalue weighted by Gasteiger charge is -2.14. The molecule has 5 nitrogen and oxygen atoms in total. The van der Waals surface area contributed by atoms with E-state index in [4.69, 9.17) is 0 Å². The van der Waals surface area contributed by atoms with Crippen LogP contribution in [0.3, 0.4) is 0 Å². The van der Waals surface area contributed by atoms with Gasteiger partial charge < -0.3 is 10.4 Å². The normalized spacial score (nSPS) is 14.2. The van der Waals surface area contributed by atoms with Gasteiger partial charge in [0.1, 0.15) is 5.82 Å². The molecule has 0 aliphatic heterocycles. The summed E-state index contributed by atoms with van der Waals surface area (Å²) in [7, 11) is 0. The van der Waals surface area contributed by atoms with E-state index in [1.807, 2.05) is 38.3 Å². The molecule has 0 saturated carbocycles. The molecule has 2 aromatic rings. The molecule has 148 valence electrons. The Labute approximate surface area is 170 Å². The number of anilines is 1. The third-order valence-corrected chi connectivity index (χ3v) is 4.98. The molecule has 2 N–H and O–H groups in total. The maximum Gasteiger partial charge on any atom is 0.212 e. The molecule has 28 heavy (non-hydrogen) atoms. The first kappa shape index (κ1) is 21.9. The van der Waals surface area contributed by atoms with Crippen molar-refractivity contribution in [3.63, 3.8) is 0 Å². The number of aromatic nitrogens is 2. The summed E-state index contributed by atoms with van der Waals surface area (Å²) in [6, 6.07) is 3.78. The Morgan fingerprint density at radius 1 is 1.29 bits per heavy atom. The predicted molar refractivity (Wildman–Crippen MR) is 119 cm³/mol. The Morgan fingerprint density at radius 2 is 2.00 bits per heavy atom. The number of allylic oxidation sites excluding steroid dienone is 4. The van der Waals surface area contributed by atoms with Gasteiger partial charge in [0.05, 0.1) is 11.8 Å². The van der Waals surface area contributed by atoms with Crippen LogP contribution in [0, 0.1) is 0 Å². The van der Waals surface area contributed by atoms with E-state index in [1.165, 1.54) is 0 Å². The second-order valence-electron chi connectivity index (χ2n) is 6.36. The summed E-state index contributed by atoms with van der Waals surface area (Å²) in [6.45, 7) is 6.08. The highest BCUT2D eigenvalue weighted by molar-refractivity contribution is 7.98. The molecular weight excluding hydrogens is 370 g/mol. The van der Waals surface area contributed by atoms with Gasteiger partial charge in [-0.15, -0.1) is 0 Å². The van der Waals surface area contributed by atoms with Crippen molar-refractivity contribution in [3.8, 4) is 0 Å². The van der Waals surface area contributed by atoms with Gasteiger partial charge in [0.25, 0.3) is 0 Å². The Bertz CT molecular complexity index is 919. The van der Waals surface area contributed by atoms with E-state index in [0.717, 1.165) is 39.6 Å². The van der Waals surface area contributed by atoms with Crippen molar-refractivity contribution in [1.82, 2.24) is 9.97 Å². The van der Waals surface area contributed by atoms with Gasteiger partial charge in [0, 0.05) is 28.9 Å². The van der Waals surface area contributed by atoms with E-state index in [2.05, 4.69) is 28.3 Å². The number of aliphatic hydroxyl groups excluding tert-OH is 1. The van der Waals surface area contributed by atoms with E-state index in [9.17, 15) is 9.90 Å². The molecule has 0 radical (unpaired) electrons. The van der Waals surface area contributed by atoms with Gasteiger partial charge >= 0.3 is 0 Å². The van der Waals surface area contributed by atoms with Crippen molar-refractivity contribution >= 4 is 40.3 Å². The average Bonchev–Trinajstić information content (AvgIpc) is 2.68. The van der Waals surface area contributed by atoms with E-state index in [1.54, 1.807) is 30.2 Å². The molecule has 0 fully saturated rings. The SMILES string of the molecule is C\C=C(/C(C)=C\C(=C\CC)C(O)CSC)c1cc2cnc(NC=O)cc2cn1. The van der Waals surface area contributed by atoms with Crippen LogP contribution in [0.15, 0.2) is 53.9 Å². The second-order valence-corrected chi connectivity index (χ2v) is 7.27. The molecule has 0 spiro atoms. The number of hydrogen-bond donors (Lipinski definition) is 2. The fourth-order valence-corrected chi connectivity index (χ4v) is 3.52. The molecule has 0 aromatic carbocycles. The molecule has 6 heteroatoms. The quantitative estimate of drug-likeness (QED) is 0.477. The van der Waals surface area contributed by atoms with Crippen LogP contribution < -0.4 is 5.32 Å². The highest BCUT2D eigenvalue weighted by Crippen LogP contribution is 2.26. The molecule has 1 amide bonds. The van der Waals surface area contributed by atoms with E-state index >= 15 is 0 Å².